The summed E-state index contributed by atoms with van der Waals surface area (Å²) in [5, 5.41) is 7.23. The Hall–Kier alpha value is 0.0200. The van der Waals surface area contributed by atoms with Crippen LogP contribution in [-0.2, 0) is 0 Å². The van der Waals surface area contributed by atoms with E-state index in [0.717, 1.165) is 12.8 Å². The van der Waals surface area contributed by atoms with Crippen LogP contribution in [0.15, 0.2) is 0 Å². The van der Waals surface area contributed by atoms with Gasteiger partial charge in [-0.15, -0.1) is 0 Å². The van der Waals surface area contributed by atoms with E-state index < -0.39 is 8.38 Å². The van der Waals surface area contributed by atoms with Crippen molar-refractivity contribution in [2.24, 2.45) is 5.92 Å². The van der Waals surface area contributed by atoms with Crippen molar-refractivity contribution >= 4 is 13.8 Å². The molecule has 0 saturated carbocycles. The third-order valence-corrected chi connectivity index (χ3v) is 2.38. The van der Waals surface area contributed by atoms with E-state index in [0.29, 0.717) is 0 Å². The molecule has 0 saturated heterocycles. The van der Waals surface area contributed by atoms with E-state index in [4.69, 9.17) is 15.2 Å². The van der Waals surface area contributed by atoms with Gasteiger partial charge in [0, 0.05) is 5.92 Å². The molecule has 0 unspecified atom stereocenters. The second-order valence-electron chi connectivity index (χ2n) is 2.19. The third-order valence-electron chi connectivity index (χ3n) is 1.59. The van der Waals surface area contributed by atoms with Crippen LogP contribution in [-0.4, -0.2) is 15.2 Å². The Bertz CT molecular complexity index is 112. The van der Waals surface area contributed by atoms with Crippen LogP contribution in [0.3, 0.4) is 0 Å². The summed E-state index contributed by atoms with van der Waals surface area (Å²) in [4.78, 5) is 17.3. The molecule has 0 aromatic heterocycles. The lowest BCUT2D eigenvalue weighted by Crippen LogP contribution is -2.09. The highest BCUT2D eigenvalue weighted by molar-refractivity contribution is 7.64. The Morgan fingerprint density at radius 2 is 1.80 bits per heavy atom. The summed E-state index contributed by atoms with van der Waals surface area (Å²) in [6.45, 7) is 3.89. The van der Waals surface area contributed by atoms with Crippen LogP contribution >= 0.6 is 8.38 Å². The Balaban J connectivity index is 3.89. The molecule has 0 radical (unpaired) electrons. The predicted octanol–water partition coefficient (Wildman–Crippen LogP) is 1.70. The smallest absolute Gasteiger partial charge is 0.214 e. The number of hydrogen-bond donors (Lipinski definition) is 3. The van der Waals surface area contributed by atoms with Gasteiger partial charge < -0.3 is 9.79 Å². The summed E-state index contributed by atoms with van der Waals surface area (Å²) in [6, 6.07) is 0. The minimum atomic E-state index is -2.13. The van der Waals surface area contributed by atoms with Crippen molar-refractivity contribution in [3.63, 3.8) is 0 Å². The lowest BCUT2D eigenvalue weighted by Gasteiger charge is -2.13. The highest BCUT2D eigenvalue weighted by atomic mass is 31.2. The van der Waals surface area contributed by atoms with Gasteiger partial charge in [-0.05, 0) is 12.8 Å². The molecule has 0 rings (SSSR count). The van der Waals surface area contributed by atoms with Crippen LogP contribution < -0.4 is 0 Å². The molecular weight excluding hydrogens is 149 g/mol. The van der Waals surface area contributed by atoms with Gasteiger partial charge in [0.1, 0.15) is 0 Å². The number of nitrogens with one attached hydrogen (secondary N) is 1. The first-order valence-corrected chi connectivity index (χ1v) is 4.64. The van der Waals surface area contributed by atoms with Gasteiger partial charge in [0.25, 0.3) is 0 Å². The molecule has 0 amide bonds. The molecule has 0 aliphatic carbocycles. The van der Waals surface area contributed by atoms with Gasteiger partial charge in [-0.2, -0.15) is 0 Å². The highest BCUT2D eigenvalue weighted by Crippen LogP contribution is 2.31. The quantitative estimate of drug-likeness (QED) is 0.436. The predicted molar refractivity (Wildman–Crippen MR) is 43.2 cm³/mol. The van der Waals surface area contributed by atoms with Crippen molar-refractivity contribution in [1.29, 1.82) is 5.41 Å². The zero-order chi connectivity index (χ0) is 8.15. The minimum Gasteiger partial charge on any atom is -0.346 e. The first kappa shape index (κ1) is 10.0. The van der Waals surface area contributed by atoms with Crippen LogP contribution in [0.4, 0.5) is 0 Å². The van der Waals surface area contributed by atoms with E-state index >= 15 is 0 Å². The molecule has 3 N–H and O–H groups in total. The topological polar surface area (TPSA) is 64.3 Å². The second kappa shape index (κ2) is 4.78. The Morgan fingerprint density at radius 1 is 1.40 bits per heavy atom. The zero-order valence-electron chi connectivity index (χ0n) is 6.33. The maximum Gasteiger partial charge on any atom is 0.214 e. The van der Waals surface area contributed by atoms with E-state index in [1.54, 1.807) is 0 Å². The molecular formula is C6H14NO2P. The fourth-order valence-corrected chi connectivity index (χ4v) is 1.53. The SMILES string of the molecule is CCC(CC)C(=N)P(O)O. The molecule has 60 valence electrons. The molecule has 0 heterocycles. The van der Waals surface area contributed by atoms with E-state index in [9.17, 15) is 0 Å². The normalized spacial score (nSPS) is 11.0. The van der Waals surface area contributed by atoms with Crippen molar-refractivity contribution in [3.8, 4) is 0 Å². The molecule has 0 aromatic rings. The molecule has 0 aliphatic heterocycles. The van der Waals surface area contributed by atoms with E-state index in [1.807, 2.05) is 13.8 Å². The molecule has 4 heteroatoms. The fraction of sp³-hybridized carbons (Fsp3) is 0.833. The molecule has 0 aliphatic rings. The van der Waals surface area contributed by atoms with Gasteiger partial charge in [-0.3, -0.25) is 5.41 Å². The van der Waals surface area contributed by atoms with E-state index in [2.05, 4.69) is 0 Å². The maximum atomic E-state index is 8.65. The lowest BCUT2D eigenvalue weighted by molar-refractivity contribution is 0.493. The van der Waals surface area contributed by atoms with Crippen LogP contribution in [0.5, 0.6) is 0 Å². The van der Waals surface area contributed by atoms with Gasteiger partial charge >= 0.3 is 0 Å². The van der Waals surface area contributed by atoms with Gasteiger partial charge in [0.15, 0.2) is 0 Å². The second-order valence-corrected chi connectivity index (χ2v) is 3.25. The van der Waals surface area contributed by atoms with Crippen molar-refractivity contribution in [2.75, 3.05) is 0 Å². The fourth-order valence-electron chi connectivity index (χ4n) is 0.839. The van der Waals surface area contributed by atoms with E-state index in [1.165, 1.54) is 0 Å². The first-order valence-electron chi connectivity index (χ1n) is 3.39. The van der Waals surface area contributed by atoms with Crippen molar-refractivity contribution in [3.05, 3.63) is 0 Å². The zero-order valence-corrected chi connectivity index (χ0v) is 7.23. The monoisotopic (exact) mass is 163 g/mol. The Morgan fingerprint density at radius 3 is 1.90 bits per heavy atom. The molecule has 0 atom stereocenters. The third kappa shape index (κ3) is 2.74. The maximum absolute atomic E-state index is 8.65. The molecule has 0 spiro atoms. The van der Waals surface area contributed by atoms with Crippen molar-refractivity contribution < 1.29 is 9.79 Å². The summed E-state index contributed by atoms with van der Waals surface area (Å²) < 4.78 is 0. The summed E-state index contributed by atoms with van der Waals surface area (Å²) in [7, 11) is -2.13. The molecule has 0 fully saturated rings. The molecule has 3 nitrogen and oxygen atoms in total. The minimum absolute atomic E-state index is 0.0566. The van der Waals surface area contributed by atoms with E-state index in [-0.39, 0.29) is 11.4 Å². The van der Waals surface area contributed by atoms with Crippen molar-refractivity contribution in [1.82, 2.24) is 0 Å². The van der Waals surface area contributed by atoms with Crippen LogP contribution in [0.2, 0.25) is 0 Å². The largest absolute Gasteiger partial charge is 0.346 e. The Labute approximate surface area is 62.5 Å². The lowest BCUT2D eigenvalue weighted by atomic mass is 10.1. The standard InChI is InChI=1S/C6H14NO2P/c1-3-5(4-2)6(7)10(8)9/h5,7-9H,3-4H2,1-2H3. The average molecular weight is 163 g/mol. The molecule has 10 heavy (non-hydrogen) atoms. The van der Waals surface area contributed by atoms with Gasteiger partial charge in [-0.1, -0.05) is 13.8 Å². The van der Waals surface area contributed by atoms with Crippen molar-refractivity contribution in [2.45, 2.75) is 26.7 Å². The number of rotatable bonds is 4. The molecule has 0 aromatic carbocycles. The van der Waals surface area contributed by atoms with Gasteiger partial charge in [0.2, 0.25) is 8.38 Å². The highest BCUT2D eigenvalue weighted by Gasteiger charge is 2.16. The number of hydrogen-bond acceptors (Lipinski definition) is 3. The Kier molecular flexibility index (Phi) is 4.79. The average Bonchev–Trinajstić information content (AvgIpc) is 1.90. The summed E-state index contributed by atoms with van der Waals surface area (Å²) >= 11 is 0. The van der Waals surface area contributed by atoms with Gasteiger partial charge in [0.05, 0.1) is 5.45 Å². The van der Waals surface area contributed by atoms with Crippen LogP contribution in [0, 0.1) is 11.3 Å². The van der Waals surface area contributed by atoms with Crippen LogP contribution in [0.1, 0.15) is 26.7 Å². The summed E-state index contributed by atoms with van der Waals surface area (Å²) in [5.41, 5.74) is 0.0972. The summed E-state index contributed by atoms with van der Waals surface area (Å²) in [6.07, 6.45) is 1.63. The van der Waals surface area contributed by atoms with Gasteiger partial charge in [-0.25, -0.2) is 0 Å². The summed E-state index contributed by atoms with van der Waals surface area (Å²) in [5.74, 6) is 0.0566. The first-order chi connectivity index (χ1) is 4.63. The van der Waals surface area contributed by atoms with Crippen LogP contribution in [0.25, 0.3) is 0 Å². The molecule has 0 bridgehead atoms.